The largest absolute Gasteiger partial charge is 0.496 e. The molecule has 0 saturated carbocycles. The van der Waals surface area contributed by atoms with E-state index in [2.05, 4.69) is 26.5 Å². The van der Waals surface area contributed by atoms with E-state index in [9.17, 15) is 9.59 Å². The van der Waals surface area contributed by atoms with Gasteiger partial charge in [0.15, 0.2) is 0 Å². The number of carbonyl (C=O) groups is 2. The van der Waals surface area contributed by atoms with Crippen molar-refractivity contribution in [2.75, 3.05) is 7.11 Å². The van der Waals surface area contributed by atoms with Gasteiger partial charge in [-0.2, -0.15) is 5.10 Å². The molecule has 26 heavy (non-hydrogen) atoms. The maximum absolute atomic E-state index is 12.1. The van der Waals surface area contributed by atoms with Crippen molar-refractivity contribution in [2.24, 2.45) is 5.10 Å². The van der Waals surface area contributed by atoms with Crippen molar-refractivity contribution in [3.8, 4) is 5.75 Å². The third-order valence-corrected chi connectivity index (χ3v) is 3.76. The molecule has 2 aromatic rings. The number of ether oxygens (including phenoxy) is 1. The molecule has 0 saturated heterocycles. The minimum absolute atomic E-state index is 0.376. The van der Waals surface area contributed by atoms with E-state index in [-0.39, 0.29) is 5.91 Å². The van der Waals surface area contributed by atoms with E-state index in [0.717, 1.165) is 4.47 Å². The van der Waals surface area contributed by atoms with E-state index in [4.69, 9.17) is 9.94 Å². The van der Waals surface area contributed by atoms with Gasteiger partial charge >= 0.3 is 0 Å². The Kier molecular flexibility index (Phi) is 7.07. The van der Waals surface area contributed by atoms with Crippen LogP contribution in [0, 0.1) is 0 Å². The number of nitrogens with zero attached hydrogens (tertiary/aromatic N) is 1. The first kappa shape index (κ1) is 19.4. The second-order valence-electron chi connectivity index (χ2n) is 5.02. The summed E-state index contributed by atoms with van der Waals surface area (Å²) in [5, 5.41) is 12.4. The third-order valence-electron chi connectivity index (χ3n) is 3.27. The molecule has 0 aromatic heterocycles. The highest BCUT2D eigenvalue weighted by atomic mass is 79.9. The van der Waals surface area contributed by atoms with Crippen molar-refractivity contribution >= 4 is 40.0 Å². The molecule has 2 rings (SSSR count). The summed E-state index contributed by atoms with van der Waals surface area (Å²) in [6.07, 6.45) is 4.17. The Labute approximate surface area is 158 Å². The summed E-state index contributed by atoms with van der Waals surface area (Å²) in [7, 11) is 1.55. The van der Waals surface area contributed by atoms with Crippen LogP contribution >= 0.6 is 15.9 Å². The predicted octanol–water partition coefficient (Wildman–Crippen LogP) is 2.74. The van der Waals surface area contributed by atoms with Gasteiger partial charge in [0.1, 0.15) is 5.75 Å². The Morgan fingerprint density at radius 3 is 2.58 bits per heavy atom. The summed E-state index contributed by atoms with van der Waals surface area (Å²) in [6.45, 7) is 0. The van der Waals surface area contributed by atoms with Gasteiger partial charge in [0.2, 0.25) is 0 Å². The molecular formula is C18H16BrN3O4. The van der Waals surface area contributed by atoms with Crippen LogP contribution in [0.25, 0.3) is 6.08 Å². The minimum Gasteiger partial charge on any atom is -0.496 e. The lowest BCUT2D eigenvalue weighted by Gasteiger charge is -2.05. The second-order valence-corrected chi connectivity index (χ2v) is 5.93. The van der Waals surface area contributed by atoms with Crippen LogP contribution in [0.3, 0.4) is 0 Å². The molecule has 8 heteroatoms. The van der Waals surface area contributed by atoms with Gasteiger partial charge in [-0.05, 0) is 42.0 Å². The number of nitrogens with one attached hydrogen (secondary N) is 2. The van der Waals surface area contributed by atoms with Crippen LogP contribution in [0.1, 0.15) is 21.5 Å². The van der Waals surface area contributed by atoms with Gasteiger partial charge in [-0.25, -0.2) is 10.9 Å². The van der Waals surface area contributed by atoms with Crippen LogP contribution in [0.5, 0.6) is 5.75 Å². The molecule has 0 aliphatic rings. The van der Waals surface area contributed by atoms with Crippen LogP contribution in [-0.4, -0.2) is 30.3 Å². The summed E-state index contributed by atoms with van der Waals surface area (Å²) < 4.78 is 6.09. The summed E-state index contributed by atoms with van der Waals surface area (Å²) in [5.74, 6) is -0.378. The summed E-state index contributed by atoms with van der Waals surface area (Å²) in [5.41, 5.74) is 5.76. The second kappa shape index (κ2) is 9.50. The molecule has 0 aliphatic carbocycles. The lowest BCUT2D eigenvalue weighted by atomic mass is 10.1. The Balaban J connectivity index is 2.01. The summed E-state index contributed by atoms with van der Waals surface area (Å²) >= 11 is 3.37. The molecule has 2 amide bonds. The maximum Gasteiger partial charge on any atom is 0.271 e. The Morgan fingerprint density at radius 2 is 1.92 bits per heavy atom. The topological polar surface area (TPSA) is 100 Å². The molecule has 0 spiro atoms. The molecular weight excluding hydrogens is 402 g/mol. The number of hydroxylamine groups is 1. The van der Waals surface area contributed by atoms with Gasteiger partial charge in [-0.3, -0.25) is 14.8 Å². The first-order valence-corrected chi connectivity index (χ1v) is 8.22. The molecule has 7 nitrogen and oxygen atoms in total. The van der Waals surface area contributed by atoms with Gasteiger partial charge in [0.05, 0.1) is 13.3 Å². The normalized spacial score (nSPS) is 10.9. The molecule has 0 aliphatic heterocycles. The fourth-order valence-electron chi connectivity index (χ4n) is 1.99. The van der Waals surface area contributed by atoms with Crippen LogP contribution in [-0.2, 0) is 4.79 Å². The van der Waals surface area contributed by atoms with Gasteiger partial charge < -0.3 is 4.74 Å². The Morgan fingerprint density at radius 1 is 1.19 bits per heavy atom. The molecule has 0 radical (unpaired) electrons. The van der Waals surface area contributed by atoms with Crippen LogP contribution in [0.2, 0.25) is 0 Å². The molecule has 0 atom stereocenters. The van der Waals surface area contributed by atoms with Gasteiger partial charge in [0.25, 0.3) is 11.8 Å². The number of carbonyl (C=O) groups excluding carboxylic acids is 2. The van der Waals surface area contributed by atoms with Crippen LogP contribution < -0.4 is 15.6 Å². The lowest BCUT2D eigenvalue weighted by Crippen LogP contribution is -2.17. The fraction of sp³-hybridized carbons (Fsp3) is 0.0556. The predicted molar refractivity (Wildman–Crippen MR) is 101 cm³/mol. The lowest BCUT2D eigenvalue weighted by molar-refractivity contribution is -0.124. The number of hydrazone groups is 1. The average Bonchev–Trinajstić information content (AvgIpc) is 2.66. The van der Waals surface area contributed by atoms with Crippen molar-refractivity contribution in [2.45, 2.75) is 0 Å². The molecule has 134 valence electrons. The first-order chi connectivity index (χ1) is 12.5. The Bertz CT molecular complexity index is 848. The molecule has 3 N–H and O–H groups in total. The van der Waals surface area contributed by atoms with Crippen molar-refractivity contribution in [3.63, 3.8) is 0 Å². The van der Waals surface area contributed by atoms with E-state index >= 15 is 0 Å². The molecule has 2 aromatic carbocycles. The summed E-state index contributed by atoms with van der Waals surface area (Å²) in [6, 6.07) is 12.0. The maximum atomic E-state index is 12.1. The number of hydrogen-bond acceptors (Lipinski definition) is 5. The zero-order valence-electron chi connectivity index (χ0n) is 13.8. The van der Waals surface area contributed by atoms with Crippen molar-refractivity contribution in [3.05, 3.63) is 69.7 Å². The zero-order chi connectivity index (χ0) is 18.9. The zero-order valence-corrected chi connectivity index (χ0v) is 15.4. The highest BCUT2D eigenvalue weighted by Gasteiger charge is 2.05. The number of hydrogen-bond donors (Lipinski definition) is 3. The number of halogens is 1. The van der Waals surface area contributed by atoms with E-state index in [0.29, 0.717) is 22.4 Å². The van der Waals surface area contributed by atoms with E-state index < -0.39 is 5.91 Å². The van der Waals surface area contributed by atoms with Crippen molar-refractivity contribution in [1.29, 1.82) is 0 Å². The van der Waals surface area contributed by atoms with E-state index in [1.807, 2.05) is 12.1 Å². The van der Waals surface area contributed by atoms with Gasteiger partial charge in [-0.15, -0.1) is 0 Å². The standard InChI is InChI=1S/C18H16BrN3O4/c1-26-16-8-7-15(19)10-14(16)11-20-21-18(24)13-5-2-12(3-6-13)4-9-17(23)22-25/h2-11,25H,1H3,(H,21,24)(H,22,23). The van der Waals surface area contributed by atoms with Gasteiger partial charge in [0, 0.05) is 21.7 Å². The molecule has 0 fully saturated rings. The SMILES string of the molecule is COc1ccc(Br)cc1C=NNC(=O)c1ccc(C=CC(=O)NO)cc1. The first-order valence-electron chi connectivity index (χ1n) is 7.42. The minimum atomic E-state index is -0.635. The van der Waals surface area contributed by atoms with Crippen molar-refractivity contribution < 1.29 is 19.5 Å². The number of amides is 2. The number of methoxy groups -OCH3 is 1. The molecule has 0 unspecified atom stereocenters. The Hall–Kier alpha value is -2.97. The number of benzene rings is 2. The van der Waals surface area contributed by atoms with E-state index in [1.54, 1.807) is 37.4 Å². The average molecular weight is 418 g/mol. The van der Waals surface area contributed by atoms with Crippen LogP contribution in [0.15, 0.2) is 58.1 Å². The van der Waals surface area contributed by atoms with Crippen LogP contribution in [0.4, 0.5) is 0 Å². The smallest absolute Gasteiger partial charge is 0.271 e. The molecule has 0 bridgehead atoms. The van der Waals surface area contributed by atoms with Crippen molar-refractivity contribution in [1.82, 2.24) is 10.9 Å². The molecule has 0 heterocycles. The quantitative estimate of drug-likeness (QED) is 0.291. The highest BCUT2D eigenvalue weighted by Crippen LogP contribution is 2.21. The highest BCUT2D eigenvalue weighted by molar-refractivity contribution is 9.10. The third kappa shape index (κ3) is 5.54. The monoisotopic (exact) mass is 417 g/mol. The number of rotatable bonds is 6. The van der Waals surface area contributed by atoms with Gasteiger partial charge in [-0.1, -0.05) is 28.1 Å². The van der Waals surface area contributed by atoms with E-state index in [1.165, 1.54) is 23.8 Å². The summed E-state index contributed by atoms with van der Waals surface area (Å²) in [4.78, 5) is 23.0. The fourth-order valence-corrected chi connectivity index (χ4v) is 2.36.